The molecule has 0 spiro atoms. The van der Waals surface area contributed by atoms with Crippen LogP contribution in [0.15, 0.2) is 30.5 Å². The van der Waals surface area contributed by atoms with E-state index in [0.29, 0.717) is 24.4 Å². The third-order valence-electron chi connectivity index (χ3n) is 4.62. The van der Waals surface area contributed by atoms with Gasteiger partial charge in [0.25, 0.3) is 0 Å². The van der Waals surface area contributed by atoms with Gasteiger partial charge in [0.05, 0.1) is 6.20 Å². The molecule has 0 radical (unpaired) electrons. The van der Waals surface area contributed by atoms with Crippen LogP contribution in [0.1, 0.15) is 41.2 Å². The fourth-order valence-corrected chi connectivity index (χ4v) is 3.52. The molecule has 7 heteroatoms. The number of H-pyrrole nitrogens is 1. The predicted octanol–water partition coefficient (Wildman–Crippen LogP) is 2.51. The van der Waals surface area contributed by atoms with E-state index >= 15 is 0 Å². The van der Waals surface area contributed by atoms with Crippen LogP contribution in [0.4, 0.5) is 0 Å². The van der Waals surface area contributed by atoms with Crippen LogP contribution >= 0.6 is 11.6 Å². The van der Waals surface area contributed by atoms with Crippen LogP contribution in [0.25, 0.3) is 11.1 Å². The van der Waals surface area contributed by atoms with Gasteiger partial charge in [-0.15, -0.1) is 11.6 Å². The topological polar surface area (TPSA) is 92.1 Å². The summed E-state index contributed by atoms with van der Waals surface area (Å²) in [4.78, 5) is 25.5. The molecule has 1 aromatic heterocycles. The molecule has 1 aliphatic heterocycles. The van der Waals surface area contributed by atoms with Gasteiger partial charge in [-0.05, 0) is 30.5 Å². The number of alkyl halides is 1. The van der Waals surface area contributed by atoms with Crippen LogP contribution in [0.3, 0.4) is 0 Å². The van der Waals surface area contributed by atoms with Gasteiger partial charge in [0, 0.05) is 48.1 Å². The lowest BCUT2D eigenvalue weighted by Crippen LogP contribution is -2.39. The summed E-state index contributed by atoms with van der Waals surface area (Å²) in [6.07, 6.45) is 4.05. The summed E-state index contributed by atoms with van der Waals surface area (Å²) in [7, 11) is 0. The van der Waals surface area contributed by atoms with Gasteiger partial charge >= 0.3 is 0 Å². The predicted molar refractivity (Wildman–Crippen MR) is 96.4 cm³/mol. The monoisotopic (exact) mass is 360 g/mol. The Morgan fingerprint density at radius 3 is 3.00 bits per heavy atom. The number of nitrogens with two attached hydrogens (primary N) is 1. The van der Waals surface area contributed by atoms with Gasteiger partial charge in [-0.1, -0.05) is 12.1 Å². The van der Waals surface area contributed by atoms with E-state index < -0.39 is 5.91 Å². The number of carbonyl (C=O) groups is 2. The number of rotatable bonds is 5. The SMILES string of the molecule is NC(=O)c1cccc(-c2cn[nH]c2C2CCCN(C(=O)CCCl)C2)c1. The highest BCUT2D eigenvalue weighted by molar-refractivity contribution is 6.18. The smallest absolute Gasteiger partial charge is 0.248 e. The summed E-state index contributed by atoms with van der Waals surface area (Å²) in [5, 5.41) is 7.27. The molecule has 3 rings (SSSR count). The number of hydrogen-bond acceptors (Lipinski definition) is 3. The van der Waals surface area contributed by atoms with Crippen LogP contribution in [0.2, 0.25) is 0 Å². The number of nitrogens with zero attached hydrogens (tertiary/aromatic N) is 2. The Hall–Kier alpha value is -2.34. The quantitative estimate of drug-likeness (QED) is 0.802. The molecule has 3 N–H and O–H groups in total. The minimum Gasteiger partial charge on any atom is -0.366 e. The molecule has 2 amide bonds. The van der Waals surface area contributed by atoms with E-state index in [1.54, 1.807) is 18.3 Å². The number of carbonyl (C=O) groups excluding carboxylic acids is 2. The molecule has 0 saturated carbocycles. The summed E-state index contributed by atoms with van der Waals surface area (Å²) >= 11 is 5.70. The van der Waals surface area contributed by atoms with Crippen molar-refractivity contribution < 1.29 is 9.59 Å². The zero-order valence-corrected chi connectivity index (χ0v) is 14.6. The molecule has 0 bridgehead atoms. The summed E-state index contributed by atoms with van der Waals surface area (Å²) in [5.74, 6) is 0.163. The number of nitrogens with one attached hydrogen (secondary N) is 1. The molecule has 2 aromatic rings. The van der Waals surface area contributed by atoms with Gasteiger partial charge < -0.3 is 10.6 Å². The molecule has 132 valence electrons. The second-order valence-corrected chi connectivity index (χ2v) is 6.64. The van der Waals surface area contributed by atoms with E-state index in [-0.39, 0.29) is 11.8 Å². The lowest BCUT2D eigenvalue weighted by Gasteiger charge is -2.32. The first-order valence-corrected chi connectivity index (χ1v) is 8.91. The van der Waals surface area contributed by atoms with E-state index in [1.165, 1.54) is 0 Å². The van der Waals surface area contributed by atoms with Crippen LogP contribution in [-0.2, 0) is 4.79 Å². The molecule has 1 atom stereocenters. The molecule has 0 aliphatic carbocycles. The standard InChI is InChI=1S/C18H21ClN4O2/c19-7-6-16(24)23-8-2-5-14(11-23)17-15(10-21-22-17)12-3-1-4-13(9-12)18(20)25/h1,3-4,9-10,14H,2,5-8,11H2,(H2,20,25)(H,21,22). The number of aromatic amines is 1. The first kappa shape index (κ1) is 17.5. The summed E-state index contributed by atoms with van der Waals surface area (Å²) in [6, 6.07) is 7.21. The highest BCUT2D eigenvalue weighted by atomic mass is 35.5. The molecule has 1 saturated heterocycles. The van der Waals surface area contributed by atoms with Crippen LogP contribution in [-0.4, -0.2) is 45.9 Å². The number of likely N-dealkylation sites (tertiary alicyclic amines) is 1. The molecule has 25 heavy (non-hydrogen) atoms. The third-order valence-corrected chi connectivity index (χ3v) is 4.81. The van der Waals surface area contributed by atoms with Gasteiger partial charge in [-0.25, -0.2) is 0 Å². The van der Waals surface area contributed by atoms with Crippen molar-refractivity contribution in [3.8, 4) is 11.1 Å². The number of benzene rings is 1. The van der Waals surface area contributed by atoms with Gasteiger partial charge in [-0.2, -0.15) is 5.10 Å². The Kier molecular flexibility index (Phi) is 5.38. The number of hydrogen-bond donors (Lipinski definition) is 2. The molecular weight excluding hydrogens is 340 g/mol. The minimum absolute atomic E-state index is 0.0940. The average Bonchev–Trinajstić information content (AvgIpc) is 3.12. The Morgan fingerprint density at radius 1 is 1.40 bits per heavy atom. The van der Waals surface area contributed by atoms with E-state index in [0.717, 1.165) is 36.2 Å². The molecule has 1 fully saturated rings. The van der Waals surface area contributed by atoms with E-state index in [2.05, 4.69) is 10.2 Å². The van der Waals surface area contributed by atoms with Crippen molar-refractivity contribution in [2.45, 2.75) is 25.2 Å². The molecule has 1 unspecified atom stereocenters. The van der Waals surface area contributed by atoms with Crippen LogP contribution in [0.5, 0.6) is 0 Å². The van der Waals surface area contributed by atoms with Crippen LogP contribution in [0, 0.1) is 0 Å². The Balaban J connectivity index is 1.85. The normalized spacial score (nSPS) is 17.5. The molecule has 1 aliphatic rings. The zero-order chi connectivity index (χ0) is 17.8. The van der Waals surface area contributed by atoms with Crippen molar-refractivity contribution in [1.29, 1.82) is 0 Å². The third kappa shape index (κ3) is 3.85. The molecule has 1 aromatic carbocycles. The van der Waals surface area contributed by atoms with Gasteiger partial charge in [0.2, 0.25) is 11.8 Å². The number of amides is 2. The maximum absolute atomic E-state index is 12.2. The van der Waals surface area contributed by atoms with Crippen molar-refractivity contribution in [2.24, 2.45) is 5.73 Å². The summed E-state index contributed by atoms with van der Waals surface area (Å²) in [5.41, 5.74) is 8.67. The van der Waals surface area contributed by atoms with Gasteiger partial charge in [-0.3, -0.25) is 14.7 Å². The Labute approximate surface area is 151 Å². The number of halogens is 1. The van der Waals surface area contributed by atoms with Crippen LogP contribution < -0.4 is 5.73 Å². The van der Waals surface area contributed by atoms with E-state index in [9.17, 15) is 9.59 Å². The van der Waals surface area contributed by atoms with Crippen molar-refractivity contribution in [1.82, 2.24) is 15.1 Å². The maximum atomic E-state index is 12.2. The molecule has 6 nitrogen and oxygen atoms in total. The average molecular weight is 361 g/mol. The van der Waals surface area contributed by atoms with Crippen molar-refractivity contribution >= 4 is 23.4 Å². The van der Waals surface area contributed by atoms with E-state index in [4.69, 9.17) is 17.3 Å². The Morgan fingerprint density at radius 2 is 2.24 bits per heavy atom. The van der Waals surface area contributed by atoms with Gasteiger partial charge in [0.15, 0.2) is 0 Å². The lowest BCUT2D eigenvalue weighted by molar-refractivity contribution is -0.132. The first-order valence-electron chi connectivity index (χ1n) is 8.37. The fraction of sp³-hybridized carbons (Fsp3) is 0.389. The van der Waals surface area contributed by atoms with Gasteiger partial charge in [0.1, 0.15) is 0 Å². The lowest BCUT2D eigenvalue weighted by atomic mass is 9.90. The molecular formula is C18H21ClN4O2. The second-order valence-electron chi connectivity index (χ2n) is 6.26. The second kappa shape index (κ2) is 7.70. The van der Waals surface area contributed by atoms with E-state index in [1.807, 2.05) is 17.0 Å². The maximum Gasteiger partial charge on any atom is 0.248 e. The first-order chi connectivity index (χ1) is 12.1. The Bertz CT molecular complexity index is 774. The highest BCUT2D eigenvalue weighted by Crippen LogP contribution is 2.33. The number of primary amides is 1. The largest absolute Gasteiger partial charge is 0.366 e. The summed E-state index contributed by atoms with van der Waals surface area (Å²) in [6.45, 7) is 1.42. The van der Waals surface area contributed by atoms with Crippen molar-refractivity contribution in [3.05, 3.63) is 41.7 Å². The highest BCUT2D eigenvalue weighted by Gasteiger charge is 2.27. The zero-order valence-electron chi connectivity index (χ0n) is 13.9. The number of aromatic nitrogens is 2. The number of piperidine rings is 1. The fourth-order valence-electron chi connectivity index (χ4n) is 3.36. The van der Waals surface area contributed by atoms with Crippen molar-refractivity contribution in [3.63, 3.8) is 0 Å². The summed E-state index contributed by atoms with van der Waals surface area (Å²) < 4.78 is 0. The minimum atomic E-state index is -0.456. The molecule has 2 heterocycles. The van der Waals surface area contributed by atoms with Crippen molar-refractivity contribution in [2.75, 3.05) is 19.0 Å².